The van der Waals surface area contributed by atoms with Gasteiger partial charge in [-0.05, 0) is 19.8 Å². The summed E-state index contributed by atoms with van der Waals surface area (Å²) in [6.07, 6.45) is 2.28. The number of piperidine rings is 1. The van der Waals surface area contributed by atoms with Crippen LogP contribution in [0.3, 0.4) is 0 Å². The largest absolute Gasteiger partial charge is 0.345 e. The van der Waals surface area contributed by atoms with Crippen LogP contribution in [-0.2, 0) is 9.59 Å². The monoisotopic (exact) mass is 251 g/mol. The molecule has 0 aromatic rings. The van der Waals surface area contributed by atoms with Crippen LogP contribution in [0.1, 0.15) is 26.2 Å². The number of nitrogens with zero attached hydrogens (tertiary/aromatic N) is 2. The van der Waals surface area contributed by atoms with Gasteiger partial charge in [0.2, 0.25) is 11.8 Å². The zero-order valence-electron chi connectivity index (χ0n) is 11.1. The molecule has 100 valence electrons. The van der Waals surface area contributed by atoms with E-state index in [-0.39, 0.29) is 17.2 Å². The summed E-state index contributed by atoms with van der Waals surface area (Å²) in [5, 5.41) is 3.41. The molecular formula is C13H21N3O2. The minimum atomic E-state index is -0.382. The summed E-state index contributed by atoms with van der Waals surface area (Å²) in [6, 6.07) is 0.868. The number of likely N-dealkylation sites (tertiary alicyclic amines) is 2. The molecule has 0 aromatic heterocycles. The van der Waals surface area contributed by atoms with Gasteiger partial charge in [0.15, 0.2) is 0 Å². The van der Waals surface area contributed by atoms with Gasteiger partial charge in [0.05, 0.1) is 5.41 Å². The fourth-order valence-electron chi connectivity index (χ4n) is 3.60. The summed E-state index contributed by atoms with van der Waals surface area (Å²) in [6.45, 7) is 4.35. The number of hydrogen-bond donors (Lipinski definition) is 1. The molecule has 0 spiro atoms. The number of fused-ring (bicyclic) bond motifs is 2. The van der Waals surface area contributed by atoms with Gasteiger partial charge in [0.25, 0.3) is 0 Å². The summed E-state index contributed by atoms with van der Waals surface area (Å²) in [4.78, 5) is 28.0. The van der Waals surface area contributed by atoms with Crippen LogP contribution in [0.2, 0.25) is 0 Å². The van der Waals surface area contributed by atoms with E-state index in [1.807, 2.05) is 11.8 Å². The highest BCUT2D eigenvalue weighted by Gasteiger charge is 2.48. The van der Waals surface area contributed by atoms with Crippen molar-refractivity contribution in [1.29, 1.82) is 0 Å². The van der Waals surface area contributed by atoms with Gasteiger partial charge in [-0.3, -0.25) is 9.59 Å². The van der Waals surface area contributed by atoms with Gasteiger partial charge in [-0.25, -0.2) is 0 Å². The summed E-state index contributed by atoms with van der Waals surface area (Å²) in [7, 11) is 1.80. The number of amides is 2. The van der Waals surface area contributed by atoms with Crippen molar-refractivity contribution in [1.82, 2.24) is 15.1 Å². The summed E-state index contributed by atoms with van der Waals surface area (Å²) in [5.74, 6) is 0.403. The lowest BCUT2D eigenvalue weighted by Crippen LogP contribution is -2.56. The molecule has 18 heavy (non-hydrogen) atoms. The van der Waals surface area contributed by atoms with Gasteiger partial charge in [-0.1, -0.05) is 0 Å². The third kappa shape index (κ3) is 1.72. The van der Waals surface area contributed by atoms with Crippen molar-refractivity contribution in [3.05, 3.63) is 0 Å². The number of rotatable bonds is 1. The number of carbonyl (C=O) groups is 2. The van der Waals surface area contributed by atoms with E-state index < -0.39 is 0 Å². The first-order valence-corrected chi connectivity index (χ1v) is 6.78. The lowest BCUT2D eigenvalue weighted by Gasteiger charge is -2.41. The third-order valence-corrected chi connectivity index (χ3v) is 4.74. The van der Waals surface area contributed by atoms with Gasteiger partial charge >= 0.3 is 0 Å². The Morgan fingerprint density at radius 1 is 1.50 bits per heavy atom. The second-order valence-electron chi connectivity index (χ2n) is 6.26. The molecule has 5 nitrogen and oxygen atoms in total. The second-order valence-corrected chi connectivity index (χ2v) is 6.26. The summed E-state index contributed by atoms with van der Waals surface area (Å²) >= 11 is 0. The molecule has 1 unspecified atom stereocenters. The van der Waals surface area contributed by atoms with Crippen LogP contribution in [0.4, 0.5) is 0 Å². The molecule has 3 rings (SSSR count). The number of hydrogen-bond acceptors (Lipinski definition) is 3. The van der Waals surface area contributed by atoms with E-state index in [0.29, 0.717) is 31.5 Å². The Morgan fingerprint density at radius 2 is 2.28 bits per heavy atom. The van der Waals surface area contributed by atoms with Gasteiger partial charge in [-0.15, -0.1) is 0 Å². The highest BCUT2D eigenvalue weighted by Crippen LogP contribution is 2.35. The molecule has 0 radical (unpaired) electrons. The number of carbonyl (C=O) groups excluding carboxylic acids is 2. The van der Waals surface area contributed by atoms with Crippen molar-refractivity contribution in [2.75, 3.05) is 26.7 Å². The molecule has 2 bridgehead atoms. The predicted molar refractivity (Wildman–Crippen MR) is 66.9 cm³/mol. The van der Waals surface area contributed by atoms with Crippen LogP contribution >= 0.6 is 0 Å². The van der Waals surface area contributed by atoms with E-state index in [9.17, 15) is 9.59 Å². The molecule has 5 heteroatoms. The lowest BCUT2D eigenvalue weighted by atomic mass is 9.80. The van der Waals surface area contributed by atoms with E-state index in [1.165, 1.54) is 0 Å². The van der Waals surface area contributed by atoms with E-state index in [0.717, 1.165) is 19.5 Å². The number of nitrogens with one attached hydrogen (secondary N) is 1. The molecule has 3 heterocycles. The Morgan fingerprint density at radius 3 is 2.83 bits per heavy atom. The molecule has 3 fully saturated rings. The topological polar surface area (TPSA) is 52.7 Å². The average molecular weight is 251 g/mol. The van der Waals surface area contributed by atoms with Crippen molar-refractivity contribution in [2.24, 2.45) is 5.41 Å². The zero-order valence-corrected chi connectivity index (χ0v) is 11.1. The van der Waals surface area contributed by atoms with Gasteiger partial charge in [-0.2, -0.15) is 0 Å². The fourth-order valence-corrected chi connectivity index (χ4v) is 3.60. The normalized spacial score (nSPS) is 39.6. The van der Waals surface area contributed by atoms with E-state index in [4.69, 9.17) is 0 Å². The maximum absolute atomic E-state index is 12.7. The van der Waals surface area contributed by atoms with Gasteiger partial charge < -0.3 is 15.1 Å². The first-order valence-electron chi connectivity index (χ1n) is 6.78. The van der Waals surface area contributed by atoms with Crippen molar-refractivity contribution in [2.45, 2.75) is 38.3 Å². The standard InChI is InChI=1S/C13H21N3O2/c1-13(4-3-11(17)15(2)8-13)12(18)16-7-9-5-10(16)6-14-9/h9-10,14H,3-8H2,1-2H3/t9-,10-,13?/m0/s1. The SMILES string of the molecule is CN1CC(C)(C(=O)N2C[C@@H]3C[C@H]2CN3)CCC1=O. The van der Waals surface area contributed by atoms with Crippen LogP contribution in [-0.4, -0.2) is 60.4 Å². The van der Waals surface area contributed by atoms with E-state index in [1.54, 1.807) is 11.9 Å². The Bertz CT molecular complexity index is 398. The zero-order chi connectivity index (χ0) is 12.9. The molecule has 0 aromatic carbocycles. The molecular weight excluding hydrogens is 230 g/mol. The maximum Gasteiger partial charge on any atom is 0.230 e. The van der Waals surface area contributed by atoms with E-state index >= 15 is 0 Å². The molecule has 1 N–H and O–H groups in total. The minimum Gasteiger partial charge on any atom is -0.345 e. The Kier molecular flexibility index (Phi) is 2.62. The molecule has 3 saturated heterocycles. The summed E-state index contributed by atoms with van der Waals surface area (Å²) in [5.41, 5.74) is -0.382. The average Bonchev–Trinajstić information content (AvgIpc) is 2.95. The molecule has 3 aliphatic heterocycles. The number of piperazine rings is 1. The van der Waals surface area contributed by atoms with Crippen LogP contribution in [0.5, 0.6) is 0 Å². The fraction of sp³-hybridized carbons (Fsp3) is 0.846. The smallest absolute Gasteiger partial charge is 0.230 e. The van der Waals surface area contributed by atoms with Crippen molar-refractivity contribution < 1.29 is 9.59 Å². The Labute approximate surface area is 107 Å². The quantitative estimate of drug-likeness (QED) is 0.703. The van der Waals surface area contributed by atoms with Gasteiger partial charge in [0, 0.05) is 45.2 Å². The van der Waals surface area contributed by atoms with Crippen LogP contribution in [0.15, 0.2) is 0 Å². The van der Waals surface area contributed by atoms with E-state index in [2.05, 4.69) is 5.32 Å². The summed E-state index contributed by atoms with van der Waals surface area (Å²) < 4.78 is 0. The van der Waals surface area contributed by atoms with Crippen molar-refractivity contribution >= 4 is 11.8 Å². The Hall–Kier alpha value is -1.10. The molecule has 0 aliphatic carbocycles. The van der Waals surface area contributed by atoms with Gasteiger partial charge in [0.1, 0.15) is 0 Å². The maximum atomic E-state index is 12.7. The molecule has 3 aliphatic rings. The Balaban J connectivity index is 1.74. The third-order valence-electron chi connectivity index (χ3n) is 4.74. The highest BCUT2D eigenvalue weighted by atomic mass is 16.2. The van der Waals surface area contributed by atoms with Crippen molar-refractivity contribution in [3.63, 3.8) is 0 Å². The molecule has 2 amide bonds. The van der Waals surface area contributed by atoms with Crippen LogP contribution in [0.25, 0.3) is 0 Å². The molecule has 0 saturated carbocycles. The first kappa shape index (κ1) is 12.0. The van der Waals surface area contributed by atoms with Crippen molar-refractivity contribution in [3.8, 4) is 0 Å². The highest BCUT2D eigenvalue weighted by molar-refractivity contribution is 5.87. The molecule has 3 atom stereocenters. The first-order chi connectivity index (χ1) is 8.49. The minimum absolute atomic E-state index is 0.157. The van der Waals surface area contributed by atoms with Crippen LogP contribution in [0, 0.1) is 5.41 Å². The lowest BCUT2D eigenvalue weighted by molar-refractivity contribution is -0.150. The second kappa shape index (κ2) is 3.95. The van der Waals surface area contributed by atoms with Crippen LogP contribution < -0.4 is 5.32 Å². The predicted octanol–water partition coefficient (Wildman–Crippen LogP) is -0.182.